The van der Waals surface area contributed by atoms with Gasteiger partial charge in [-0.15, -0.1) is 11.3 Å². The highest BCUT2D eigenvalue weighted by molar-refractivity contribution is 9.11. The Balaban J connectivity index is 1.93. The van der Waals surface area contributed by atoms with Gasteiger partial charge in [0.25, 0.3) is 0 Å². The van der Waals surface area contributed by atoms with Gasteiger partial charge in [0.05, 0.1) is 9.50 Å². The van der Waals surface area contributed by atoms with Crippen LogP contribution >= 0.6 is 27.3 Å². The van der Waals surface area contributed by atoms with Crippen LogP contribution in [0.15, 0.2) is 50.7 Å². The van der Waals surface area contributed by atoms with Gasteiger partial charge in [-0.3, -0.25) is 0 Å². The molecular formula is C13H12BrNOS. The second-order valence-corrected chi connectivity index (χ2v) is 5.87. The van der Waals surface area contributed by atoms with E-state index in [0.717, 1.165) is 20.6 Å². The fraction of sp³-hybridized carbons (Fsp3) is 0.154. The van der Waals surface area contributed by atoms with Crippen molar-refractivity contribution in [1.82, 2.24) is 0 Å². The van der Waals surface area contributed by atoms with E-state index in [4.69, 9.17) is 4.84 Å². The Morgan fingerprint density at radius 2 is 2.12 bits per heavy atom. The number of rotatable bonds is 4. The maximum Gasteiger partial charge on any atom is 0.142 e. The Bertz CT molecular complexity index is 507. The van der Waals surface area contributed by atoms with E-state index in [1.807, 2.05) is 43.3 Å². The van der Waals surface area contributed by atoms with Crippen LogP contribution < -0.4 is 0 Å². The molecule has 88 valence electrons. The Labute approximate surface area is 113 Å². The quantitative estimate of drug-likeness (QED) is 0.604. The van der Waals surface area contributed by atoms with Crippen LogP contribution in [0.4, 0.5) is 0 Å². The molecule has 0 fully saturated rings. The van der Waals surface area contributed by atoms with Crippen molar-refractivity contribution in [2.45, 2.75) is 13.5 Å². The van der Waals surface area contributed by atoms with Gasteiger partial charge in [-0.05, 0) is 34.5 Å². The highest BCUT2D eigenvalue weighted by Gasteiger charge is 2.01. The summed E-state index contributed by atoms with van der Waals surface area (Å²) >= 11 is 5.07. The molecule has 0 saturated heterocycles. The first-order valence-corrected chi connectivity index (χ1v) is 6.88. The molecule has 17 heavy (non-hydrogen) atoms. The van der Waals surface area contributed by atoms with Gasteiger partial charge in [0.15, 0.2) is 0 Å². The second kappa shape index (κ2) is 5.98. The number of nitrogens with zero attached hydrogens (tertiary/aromatic N) is 1. The number of halogens is 1. The van der Waals surface area contributed by atoms with E-state index in [1.165, 1.54) is 0 Å². The van der Waals surface area contributed by atoms with Crippen molar-refractivity contribution < 1.29 is 4.84 Å². The molecule has 0 aliphatic carbocycles. The van der Waals surface area contributed by atoms with Gasteiger partial charge in [0, 0.05) is 10.9 Å². The van der Waals surface area contributed by atoms with Gasteiger partial charge in [0.2, 0.25) is 0 Å². The maximum atomic E-state index is 5.32. The topological polar surface area (TPSA) is 21.6 Å². The van der Waals surface area contributed by atoms with Crippen molar-refractivity contribution in [3.63, 3.8) is 0 Å². The van der Waals surface area contributed by atoms with Crippen LogP contribution in [0.1, 0.15) is 18.1 Å². The molecule has 4 heteroatoms. The normalized spacial score (nSPS) is 11.5. The molecule has 0 atom stereocenters. The first-order chi connectivity index (χ1) is 8.25. The van der Waals surface area contributed by atoms with E-state index < -0.39 is 0 Å². The Morgan fingerprint density at radius 1 is 1.35 bits per heavy atom. The Morgan fingerprint density at radius 3 is 2.76 bits per heavy atom. The molecule has 0 spiro atoms. The lowest BCUT2D eigenvalue weighted by molar-refractivity contribution is 0.130. The second-order valence-electron chi connectivity index (χ2n) is 3.58. The highest BCUT2D eigenvalue weighted by Crippen LogP contribution is 2.21. The summed E-state index contributed by atoms with van der Waals surface area (Å²) in [5.74, 6) is 0. The van der Waals surface area contributed by atoms with Crippen LogP contribution in [0.5, 0.6) is 0 Å². The van der Waals surface area contributed by atoms with E-state index in [2.05, 4.69) is 26.5 Å². The van der Waals surface area contributed by atoms with Crippen molar-refractivity contribution in [1.29, 1.82) is 0 Å². The standard InChI is InChI=1S/C13H12BrNOS/c1-10(12-7-13(14)17-9-12)15-16-8-11-5-3-2-4-6-11/h2-7,9H,8H2,1H3/b15-10+. The first kappa shape index (κ1) is 12.3. The average molecular weight is 310 g/mol. The van der Waals surface area contributed by atoms with Crippen molar-refractivity contribution in [3.8, 4) is 0 Å². The molecule has 1 heterocycles. The summed E-state index contributed by atoms with van der Waals surface area (Å²) in [7, 11) is 0. The third-order valence-corrected chi connectivity index (χ3v) is 3.77. The zero-order valence-corrected chi connectivity index (χ0v) is 11.8. The number of hydrogen-bond donors (Lipinski definition) is 0. The summed E-state index contributed by atoms with van der Waals surface area (Å²) in [6.07, 6.45) is 0. The van der Waals surface area contributed by atoms with E-state index in [-0.39, 0.29) is 0 Å². The van der Waals surface area contributed by atoms with Gasteiger partial charge in [-0.25, -0.2) is 0 Å². The minimum Gasteiger partial charge on any atom is -0.391 e. The van der Waals surface area contributed by atoms with E-state index in [1.54, 1.807) is 11.3 Å². The molecule has 2 rings (SSSR count). The van der Waals surface area contributed by atoms with Crippen molar-refractivity contribution in [2.24, 2.45) is 5.16 Å². The van der Waals surface area contributed by atoms with E-state index in [9.17, 15) is 0 Å². The first-order valence-electron chi connectivity index (χ1n) is 5.20. The summed E-state index contributed by atoms with van der Waals surface area (Å²) < 4.78 is 1.10. The Kier molecular flexibility index (Phi) is 4.34. The molecule has 2 aromatic rings. The molecule has 0 saturated carbocycles. The molecule has 2 nitrogen and oxygen atoms in total. The molecule has 0 bridgehead atoms. The summed E-state index contributed by atoms with van der Waals surface area (Å²) in [6.45, 7) is 2.45. The van der Waals surface area contributed by atoms with Crippen molar-refractivity contribution >= 4 is 33.0 Å². The van der Waals surface area contributed by atoms with Crippen LogP contribution in [0.3, 0.4) is 0 Å². The van der Waals surface area contributed by atoms with Crippen molar-refractivity contribution in [3.05, 3.63) is 56.7 Å². The predicted octanol–water partition coefficient (Wildman–Crippen LogP) is 4.45. The molecule has 0 amide bonds. The van der Waals surface area contributed by atoms with Crippen molar-refractivity contribution in [2.75, 3.05) is 0 Å². The van der Waals surface area contributed by atoms with E-state index >= 15 is 0 Å². The lowest BCUT2D eigenvalue weighted by atomic mass is 10.2. The fourth-order valence-electron chi connectivity index (χ4n) is 1.33. The van der Waals surface area contributed by atoms with Gasteiger partial charge < -0.3 is 4.84 Å². The van der Waals surface area contributed by atoms with Gasteiger partial charge in [-0.2, -0.15) is 0 Å². The third kappa shape index (κ3) is 3.68. The molecule has 0 unspecified atom stereocenters. The number of thiophene rings is 1. The summed E-state index contributed by atoms with van der Waals surface area (Å²) in [5, 5.41) is 6.16. The molecule has 0 aliphatic rings. The molecular weight excluding hydrogens is 298 g/mol. The lowest BCUT2D eigenvalue weighted by Crippen LogP contribution is -1.94. The summed E-state index contributed by atoms with van der Waals surface area (Å²) in [6, 6.07) is 12.0. The van der Waals surface area contributed by atoms with Crippen LogP contribution in [-0.2, 0) is 11.4 Å². The van der Waals surface area contributed by atoms with Crippen LogP contribution in [0, 0.1) is 0 Å². The van der Waals surface area contributed by atoms with E-state index in [0.29, 0.717) is 6.61 Å². The minimum absolute atomic E-state index is 0.503. The van der Waals surface area contributed by atoms with Gasteiger partial charge in [-0.1, -0.05) is 35.5 Å². The van der Waals surface area contributed by atoms with Gasteiger partial charge in [0.1, 0.15) is 6.61 Å². The van der Waals surface area contributed by atoms with Crippen LogP contribution in [0.2, 0.25) is 0 Å². The third-order valence-electron chi connectivity index (χ3n) is 2.26. The maximum absolute atomic E-state index is 5.32. The number of benzene rings is 1. The zero-order chi connectivity index (χ0) is 12.1. The smallest absolute Gasteiger partial charge is 0.142 e. The Hall–Kier alpha value is -1.13. The molecule has 0 N–H and O–H groups in total. The van der Waals surface area contributed by atoms with Crippen LogP contribution in [0.25, 0.3) is 0 Å². The molecule has 0 radical (unpaired) electrons. The SMILES string of the molecule is C/C(=N\OCc1ccccc1)c1csc(Br)c1. The average Bonchev–Trinajstić information content (AvgIpc) is 2.77. The molecule has 1 aromatic heterocycles. The fourth-order valence-corrected chi connectivity index (χ4v) is 2.53. The zero-order valence-electron chi connectivity index (χ0n) is 9.39. The minimum atomic E-state index is 0.503. The predicted molar refractivity (Wildman–Crippen MR) is 75.5 cm³/mol. The largest absolute Gasteiger partial charge is 0.391 e. The number of hydrogen-bond acceptors (Lipinski definition) is 3. The van der Waals surface area contributed by atoms with Crippen LogP contribution in [-0.4, -0.2) is 5.71 Å². The monoisotopic (exact) mass is 309 g/mol. The molecule has 0 aliphatic heterocycles. The summed E-state index contributed by atoms with van der Waals surface area (Å²) in [4.78, 5) is 5.32. The lowest BCUT2D eigenvalue weighted by Gasteiger charge is -2.00. The van der Waals surface area contributed by atoms with Gasteiger partial charge >= 0.3 is 0 Å². The molecule has 1 aromatic carbocycles. The summed E-state index contributed by atoms with van der Waals surface area (Å²) in [5.41, 5.74) is 3.10. The number of oxime groups is 1. The highest BCUT2D eigenvalue weighted by atomic mass is 79.9.